The lowest BCUT2D eigenvalue weighted by molar-refractivity contribution is 0.516. The highest BCUT2D eigenvalue weighted by Gasteiger charge is 2.23. The topological polar surface area (TPSA) is 0 Å². The van der Waals surface area contributed by atoms with Crippen molar-refractivity contribution in [2.24, 2.45) is 5.41 Å². The monoisotopic (exact) mass is 316 g/mol. The zero-order valence-electron chi connectivity index (χ0n) is 5.04. The molecule has 2 radical (unpaired) electrons. The Hall–Kier alpha value is 1.50. The Morgan fingerprint density at radius 3 is 1.33 bits per heavy atom. The second-order valence-corrected chi connectivity index (χ2v) is 3.79. The average Bonchev–Trinajstić information content (AvgIpc) is 1.95. The first-order valence-electron chi connectivity index (χ1n) is 2.62. The van der Waals surface area contributed by atoms with Crippen LogP contribution in [-0.2, 0) is 0 Å². The van der Waals surface area contributed by atoms with Gasteiger partial charge in [-0.25, -0.2) is 0 Å². The van der Waals surface area contributed by atoms with Crippen LogP contribution in [0.25, 0.3) is 0 Å². The zero-order chi connectivity index (χ0) is 7.33. The molecule has 0 aromatic heterocycles. The quantitative estimate of drug-likeness (QED) is 0.552. The Bertz CT molecular complexity index is 55.1. The van der Waals surface area contributed by atoms with Crippen molar-refractivity contribution in [2.45, 2.75) is 6.32 Å². The molecule has 0 amide bonds. The molecule has 0 saturated carbocycles. The van der Waals surface area contributed by atoms with Gasteiger partial charge in [0, 0.05) is 16.0 Å². The molecule has 0 spiro atoms. The minimum absolute atomic E-state index is 0.194. The van der Waals surface area contributed by atoms with Crippen LogP contribution in [0, 0.1) is 5.41 Å². The van der Waals surface area contributed by atoms with Crippen molar-refractivity contribution in [2.75, 3.05) is 16.0 Å². The lowest BCUT2D eigenvalue weighted by atomic mass is 9.81. The maximum atomic E-state index is 5.55. The molecule has 4 heteroatoms. The third kappa shape index (κ3) is 2.94. The molecule has 0 aromatic rings. The van der Waals surface area contributed by atoms with Gasteiger partial charge in [0.2, 0.25) is 0 Å². The molecule has 0 rings (SSSR count). The highest BCUT2D eigenvalue weighted by atomic mass is 79.9. The van der Waals surface area contributed by atoms with Crippen LogP contribution >= 0.6 is 47.8 Å². The summed E-state index contributed by atoms with van der Waals surface area (Å²) in [6.45, 7) is 0. The molecule has 0 aliphatic heterocycles. The SMILES string of the molecule is [B]CC(CBr)(CBr)CBr. The molecule has 9 heavy (non-hydrogen) atoms. The Balaban J connectivity index is 3.82. The second-order valence-electron chi connectivity index (χ2n) is 2.11. The molecule has 0 saturated heterocycles. The van der Waals surface area contributed by atoms with Gasteiger partial charge in [0.25, 0.3) is 0 Å². The molecule has 0 atom stereocenters. The minimum atomic E-state index is 0.194. The second kappa shape index (κ2) is 5.19. The lowest BCUT2D eigenvalue weighted by Crippen LogP contribution is -2.25. The molecule has 0 nitrogen and oxygen atoms in total. The Morgan fingerprint density at radius 1 is 1.00 bits per heavy atom. The van der Waals surface area contributed by atoms with Gasteiger partial charge in [-0.15, -0.1) is 0 Å². The molecule has 0 aromatic carbocycles. The van der Waals surface area contributed by atoms with Crippen LogP contribution in [0.1, 0.15) is 0 Å². The maximum absolute atomic E-state index is 5.55. The summed E-state index contributed by atoms with van der Waals surface area (Å²) in [5.41, 5.74) is 0.194. The number of halogens is 3. The predicted octanol–water partition coefficient (Wildman–Crippen LogP) is 2.74. The first-order valence-corrected chi connectivity index (χ1v) is 5.99. The molecular weight excluding hydrogens is 311 g/mol. The molecule has 0 bridgehead atoms. The third-order valence-corrected chi connectivity index (χ3v) is 4.85. The summed E-state index contributed by atoms with van der Waals surface area (Å²) in [6.07, 6.45) is 0.703. The molecule has 0 aliphatic rings. The van der Waals surface area contributed by atoms with Gasteiger partial charge in [-0.2, -0.15) is 0 Å². The molecule has 52 valence electrons. The Morgan fingerprint density at radius 2 is 1.33 bits per heavy atom. The van der Waals surface area contributed by atoms with Crippen LogP contribution in [0.4, 0.5) is 0 Å². The van der Waals surface area contributed by atoms with Crippen molar-refractivity contribution in [1.82, 2.24) is 0 Å². The predicted molar refractivity (Wildman–Crippen MR) is 54.4 cm³/mol. The van der Waals surface area contributed by atoms with E-state index in [1.54, 1.807) is 0 Å². The first kappa shape index (κ1) is 10.5. The van der Waals surface area contributed by atoms with Crippen LogP contribution in [0.5, 0.6) is 0 Å². The van der Waals surface area contributed by atoms with E-state index in [1.807, 2.05) is 0 Å². The summed E-state index contributed by atoms with van der Waals surface area (Å²) in [5.74, 6) is 0. The number of hydrogen-bond donors (Lipinski definition) is 0. The van der Waals surface area contributed by atoms with E-state index in [1.165, 1.54) is 0 Å². The summed E-state index contributed by atoms with van der Waals surface area (Å²) in [5, 5.41) is 2.81. The van der Waals surface area contributed by atoms with Gasteiger partial charge in [-0.05, 0) is 5.41 Å². The average molecular weight is 319 g/mol. The first-order chi connectivity index (χ1) is 4.24. The molecule has 0 aliphatic carbocycles. The number of rotatable bonds is 4. The molecule has 0 fully saturated rings. The van der Waals surface area contributed by atoms with Crippen molar-refractivity contribution in [3.63, 3.8) is 0 Å². The van der Waals surface area contributed by atoms with Crippen molar-refractivity contribution in [3.8, 4) is 0 Å². The molecular formula is C5H8BBr3. The van der Waals surface area contributed by atoms with Crippen molar-refractivity contribution in [3.05, 3.63) is 0 Å². The molecule has 0 unspecified atom stereocenters. The maximum Gasteiger partial charge on any atom is 0.0661 e. The van der Waals surface area contributed by atoms with Crippen LogP contribution in [-0.4, -0.2) is 23.8 Å². The van der Waals surface area contributed by atoms with E-state index in [9.17, 15) is 0 Å². The van der Waals surface area contributed by atoms with E-state index in [0.717, 1.165) is 16.0 Å². The Labute approximate surface area is 83.0 Å². The summed E-state index contributed by atoms with van der Waals surface area (Å²) in [4.78, 5) is 0. The highest BCUT2D eigenvalue weighted by molar-refractivity contribution is 9.10. The van der Waals surface area contributed by atoms with Crippen LogP contribution in [0.15, 0.2) is 0 Å². The van der Waals surface area contributed by atoms with Crippen LogP contribution in [0.3, 0.4) is 0 Å². The number of hydrogen-bond acceptors (Lipinski definition) is 0. The van der Waals surface area contributed by atoms with E-state index in [-0.39, 0.29) is 5.41 Å². The van der Waals surface area contributed by atoms with E-state index < -0.39 is 0 Å². The van der Waals surface area contributed by atoms with Crippen molar-refractivity contribution < 1.29 is 0 Å². The van der Waals surface area contributed by atoms with Gasteiger partial charge in [0.1, 0.15) is 0 Å². The van der Waals surface area contributed by atoms with Gasteiger partial charge in [-0.1, -0.05) is 54.1 Å². The summed E-state index contributed by atoms with van der Waals surface area (Å²) >= 11 is 10.2. The number of alkyl halides is 3. The fourth-order valence-electron chi connectivity index (χ4n) is 0.271. The fraction of sp³-hybridized carbons (Fsp3) is 1.00. The standard InChI is InChI=1S/C5H8BBr3/c6-1-5(2-7,3-8)4-9/h1-4H2. The summed E-state index contributed by atoms with van der Waals surface area (Å²) in [6, 6.07) is 0. The minimum Gasteiger partial charge on any atom is -0.0922 e. The van der Waals surface area contributed by atoms with E-state index in [0.29, 0.717) is 6.32 Å². The van der Waals surface area contributed by atoms with E-state index in [4.69, 9.17) is 7.85 Å². The normalized spacial score (nSPS) is 11.9. The highest BCUT2D eigenvalue weighted by Crippen LogP contribution is 2.28. The lowest BCUT2D eigenvalue weighted by Gasteiger charge is -2.25. The molecule has 0 N–H and O–H groups in total. The van der Waals surface area contributed by atoms with Gasteiger partial charge in [0.15, 0.2) is 0 Å². The van der Waals surface area contributed by atoms with Crippen LogP contribution in [0.2, 0.25) is 6.32 Å². The van der Waals surface area contributed by atoms with Gasteiger partial charge in [-0.3, -0.25) is 0 Å². The Kier molecular flexibility index (Phi) is 6.06. The third-order valence-electron chi connectivity index (χ3n) is 1.28. The molecule has 0 heterocycles. The van der Waals surface area contributed by atoms with Crippen molar-refractivity contribution >= 4 is 55.6 Å². The smallest absolute Gasteiger partial charge is 0.0661 e. The zero-order valence-corrected chi connectivity index (χ0v) is 9.80. The summed E-state index contributed by atoms with van der Waals surface area (Å²) in [7, 11) is 5.55. The fourth-order valence-corrected chi connectivity index (χ4v) is 3.74. The van der Waals surface area contributed by atoms with Crippen molar-refractivity contribution in [1.29, 1.82) is 0 Å². The van der Waals surface area contributed by atoms with Crippen LogP contribution < -0.4 is 0 Å². The van der Waals surface area contributed by atoms with Gasteiger partial charge < -0.3 is 0 Å². The van der Waals surface area contributed by atoms with E-state index >= 15 is 0 Å². The largest absolute Gasteiger partial charge is 0.0922 e. The van der Waals surface area contributed by atoms with Gasteiger partial charge in [0.05, 0.1) is 7.85 Å². The van der Waals surface area contributed by atoms with Gasteiger partial charge >= 0.3 is 0 Å². The van der Waals surface area contributed by atoms with E-state index in [2.05, 4.69) is 47.8 Å². The summed E-state index contributed by atoms with van der Waals surface area (Å²) < 4.78 is 0.